The summed E-state index contributed by atoms with van der Waals surface area (Å²) in [5.41, 5.74) is -1.83. The summed E-state index contributed by atoms with van der Waals surface area (Å²) in [4.78, 5) is 15.8. The summed E-state index contributed by atoms with van der Waals surface area (Å²) in [6.45, 7) is 10.5. The first-order chi connectivity index (χ1) is 10.5. The van der Waals surface area contributed by atoms with Gasteiger partial charge in [-0.15, -0.1) is 0 Å². The van der Waals surface area contributed by atoms with Crippen molar-refractivity contribution in [3.05, 3.63) is 0 Å². The number of carbonyl (C=O) groups is 1. The van der Waals surface area contributed by atoms with E-state index in [2.05, 4.69) is 11.8 Å². The maximum atomic E-state index is 12.0. The van der Waals surface area contributed by atoms with E-state index in [-0.39, 0.29) is 6.09 Å². The van der Waals surface area contributed by atoms with Crippen LogP contribution in [0.4, 0.5) is 4.79 Å². The molecule has 2 fully saturated rings. The Morgan fingerprint density at radius 2 is 1.70 bits per heavy atom. The molecule has 2 aliphatic rings. The lowest BCUT2D eigenvalue weighted by Crippen LogP contribution is -2.65. The maximum Gasteiger partial charge on any atom is 0.410 e. The normalized spacial score (nSPS) is 24.2. The Morgan fingerprint density at radius 1 is 1.13 bits per heavy atom. The number of carbonyl (C=O) groups excluding carboxylic acids is 1. The molecule has 1 amide bonds. The van der Waals surface area contributed by atoms with Gasteiger partial charge in [0.2, 0.25) is 0 Å². The smallest absolute Gasteiger partial charge is 0.410 e. The fraction of sp³-hybridized carbons (Fsp3) is 0.941. The third-order valence-electron chi connectivity index (χ3n) is 4.61. The fourth-order valence-electron chi connectivity index (χ4n) is 3.53. The Labute approximate surface area is 139 Å². The van der Waals surface area contributed by atoms with Crippen LogP contribution in [0.2, 0.25) is 0 Å². The quantitative estimate of drug-likeness (QED) is 0.820. The van der Waals surface area contributed by atoms with Gasteiger partial charge in [-0.05, 0) is 40.0 Å². The van der Waals surface area contributed by atoms with Crippen LogP contribution in [-0.4, -0.2) is 75.6 Å². The number of ether oxygens (including phenoxy) is 1. The van der Waals surface area contributed by atoms with Gasteiger partial charge in [0.1, 0.15) is 5.60 Å². The average Bonchev–Trinajstić information content (AvgIpc) is 2.35. The largest absolute Gasteiger partial charge is 0.444 e. The summed E-state index contributed by atoms with van der Waals surface area (Å²) in [5.74, 6) is 0. The van der Waals surface area contributed by atoms with Crippen LogP contribution < -0.4 is 0 Å². The summed E-state index contributed by atoms with van der Waals surface area (Å²) in [7, 11) is 0. The molecule has 2 aliphatic heterocycles. The second-order valence-electron chi connectivity index (χ2n) is 8.31. The van der Waals surface area contributed by atoms with E-state index in [4.69, 9.17) is 4.74 Å². The fourth-order valence-corrected chi connectivity index (χ4v) is 3.53. The van der Waals surface area contributed by atoms with Crippen molar-refractivity contribution in [2.75, 3.05) is 32.7 Å². The van der Waals surface area contributed by atoms with Crippen LogP contribution in [0.5, 0.6) is 0 Å². The van der Waals surface area contributed by atoms with Crippen LogP contribution in [0.25, 0.3) is 0 Å². The van der Waals surface area contributed by atoms with Crippen molar-refractivity contribution >= 4 is 6.09 Å². The summed E-state index contributed by atoms with van der Waals surface area (Å²) < 4.78 is 5.37. The van der Waals surface area contributed by atoms with Gasteiger partial charge in [-0.25, -0.2) is 4.79 Å². The predicted molar refractivity (Wildman–Crippen MR) is 88.3 cm³/mol. The van der Waals surface area contributed by atoms with E-state index in [1.807, 2.05) is 20.8 Å². The van der Waals surface area contributed by atoms with Crippen molar-refractivity contribution in [1.29, 1.82) is 0 Å². The number of likely N-dealkylation sites (tertiary alicyclic amines) is 2. The number of hydrogen-bond acceptors (Lipinski definition) is 5. The molecule has 6 nitrogen and oxygen atoms in total. The minimum absolute atomic E-state index is 0.305. The second-order valence-corrected chi connectivity index (χ2v) is 8.31. The molecule has 0 aliphatic carbocycles. The van der Waals surface area contributed by atoms with Crippen LogP contribution in [0.1, 0.15) is 53.4 Å². The molecule has 0 aromatic carbocycles. The molecule has 2 saturated heterocycles. The molecule has 0 atom stereocenters. The van der Waals surface area contributed by atoms with Crippen LogP contribution in [0.15, 0.2) is 0 Å². The van der Waals surface area contributed by atoms with Gasteiger partial charge in [0, 0.05) is 32.7 Å². The first-order valence-corrected chi connectivity index (χ1v) is 8.69. The van der Waals surface area contributed by atoms with E-state index in [0.29, 0.717) is 45.6 Å². The summed E-state index contributed by atoms with van der Waals surface area (Å²) in [6, 6.07) is 0. The highest BCUT2D eigenvalue weighted by Crippen LogP contribution is 2.31. The molecule has 0 unspecified atom stereocenters. The van der Waals surface area contributed by atoms with Crippen molar-refractivity contribution in [3.8, 4) is 0 Å². The first kappa shape index (κ1) is 18.5. The Balaban J connectivity index is 1.76. The maximum absolute atomic E-state index is 12.0. The van der Waals surface area contributed by atoms with E-state index in [1.54, 1.807) is 4.90 Å². The molecule has 0 radical (unpaired) electrons. The molecule has 6 heteroatoms. The van der Waals surface area contributed by atoms with E-state index < -0.39 is 16.8 Å². The lowest BCUT2D eigenvalue weighted by molar-refractivity contribution is -0.136. The van der Waals surface area contributed by atoms with Gasteiger partial charge in [-0.1, -0.05) is 13.3 Å². The highest BCUT2D eigenvalue weighted by atomic mass is 16.6. The Bertz CT molecular complexity index is 419. The van der Waals surface area contributed by atoms with E-state index >= 15 is 0 Å². The van der Waals surface area contributed by atoms with Crippen molar-refractivity contribution in [2.24, 2.45) is 0 Å². The third-order valence-corrected chi connectivity index (χ3v) is 4.61. The first-order valence-electron chi connectivity index (χ1n) is 8.69. The number of nitrogens with zero attached hydrogens (tertiary/aromatic N) is 2. The average molecular weight is 328 g/mol. The van der Waals surface area contributed by atoms with Gasteiger partial charge >= 0.3 is 6.09 Å². The van der Waals surface area contributed by atoms with Crippen molar-refractivity contribution < 1.29 is 19.7 Å². The topological polar surface area (TPSA) is 73.2 Å². The third kappa shape index (κ3) is 5.06. The Morgan fingerprint density at radius 3 is 2.17 bits per heavy atom. The molecular formula is C17H32N2O4. The number of β-amino-alcohol motifs (C(OH)–C–C–N with tert-alkyl or cyclic N) is 2. The monoisotopic (exact) mass is 328 g/mol. The molecule has 0 spiro atoms. The van der Waals surface area contributed by atoms with Gasteiger partial charge in [-0.2, -0.15) is 0 Å². The molecule has 0 saturated carbocycles. The molecule has 0 aromatic rings. The van der Waals surface area contributed by atoms with E-state index in [1.165, 1.54) is 0 Å². The van der Waals surface area contributed by atoms with Crippen molar-refractivity contribution in [1.82, 2.24) is 9.80 Å². The lowest BCUT2D eigenvalue weighted by Gasteiger charge is -2.50. The standard InChI is InChI=1S/C17H32N2O4/c1-5-6-17(22)12-18(13-17)11-16(21)7-9-19(10-8-16)14(20)23-15(2,3)4/h21-22H,5-13H2,1-4H3. The van der Waals surface area contributed by atoms with Crippen LogP contribution in [-0.2, 0) is 4.74 Å². The summed E-state index contributed by atoms with van der Waals surface area (Å²) in [6.07, 6.45) is 2.58. The molecule has 2 rings (SSSR count). The predicted octanol–water partition coefficient (Wildman–Crippen LogP) is 1.60. The van der Waals surface area contributed by atoms with Gasteiger partial charge in [0.15, 0.2) is 0 Å². The molecule has 2 N–H and O–H groups in total. The molecule has 0 aromatic heterocycles. The Kier molecular flexibility index (Phi) is 5.28. The highest BCUT2D eigenvalue weighted by molar-refractivity contribution is 5.68. The number of aliphatic hydroxyl groups is 2. The zero-order valence-corrected chi connectivity index (χ0v) is 15.0. The number of amides is 1. The van der Waals surface area contributed by atoms with Gasteiger partial charge in [0.05, 0.1) is 11.2 Å². The number of piperidine rings is 1. The minimum atomic E-state index is -0.772. The zero-order valence-electron chi connectivity index (χ0n) is 15.0. The summed E-state index contributed by atoms with van der Waals surface area (Å²) >= 11 is 0. The number of hydrogen-bond donors (Lipinski definition) is 2. The van der Waals surface area contributed by atoms with Crippen molar-refractivity contribution in [3.63, 3.8) is 0 Å². The molecule has 2 heterocycles. The van der Waals surface area contributed by atoms with E-state index in [0.717, 1.165) is 12.8 Å². The van der Waals surface area contributed by atoms with Crippen molar-refractivity contribution in [2.45, 2.75) is 70.2 Å². The van der Waals surface area contributed by atoms with Crippen LogP contribution in [0.3, 0.4) is 0 Å². The summed E-state index contributed by atoms with van der Waals surface area (Å²) in [5, 5.41) is 21.0. The Hall–Kier alpha value is -0.850. The zero-order chi connectivity index (χ0) is 17.3. The highest BCUT2D eigenvalue weighted by Gasteiger charge is 2.44. The molecule has 0 bridgehead atoms. The van der Waals surface area contributed by atoms with E-state index in [9.17, 15) is 15.0 Å². The van der Waals surface area contributed by atoms with Crippen LogP contribution in [0, 0.1) is 0 Å². The molecule has 134 valence electrons. The minimum Gasteiger partial charge on any atom is -0.444 e. The van der Waals surface area contributed by atoms with Crippen LogP contribution >= 0.6 is 0 Å². The van der Waals surface area contributed by atoms with Gasteiger partial charge in [-0.3, -0.25) is 4.90 Å². The molecule has 23 heavy (non-hydrogen) atoms. The molecular weight excluding hydrogens is 296 g/mol. The SMILES string of the molecule is CCCC1(O)CN(CC2(O)CCN(C(=O)OC(C)(C)C)CC2)C1. The lowest BCUT2D eigenvalue weighted by atomic mass is 9.85. The van der Waals surface area contributed by atoms with Gasteiger partial charge < -0.3 is 19.8 Å². The second kappa shape index (κ2) is 6.57. The van der Waals surface area contributed by atoms with Gasteiger partial charge in [0.25, 0.3) is 0 Å². The number of rotatable bonds is 4.